The van der Waals surface area contributed by atoms with Crippen LogP contribution in [0.5, 0.6) is 0 Å². The van der Waals surface area contributed by atoms with E-state index in [4.69, 9.17) is 0 Å². The van der Waals surface area contributed by atoms with Gasteiger partial charge >= 0.3 is 0 Å². The van der Waals surface area contributed by atoms with Crippen LogP contribution in [0.1, 0.15) is 38.1 Å². The van der Waals surface area contributed by atoms with Gasteiger partial charge in [0.25, 0.3) is 0 Å². The van der Waals surface area contributed by atoms with Gasteiger partial charge in [0, 0.05) is 13.1 Å². The molecule has 0 aliphatic heterocycles. The number of carbonyl (C=O) groups excluding carboxylic acids is 1. The van der Waals surface area contributed by atoms with Gasteiger partial charge in [0.1, 0.15) is 0 Å². The second kappa shape index (κ2) is 7.85. The smallest absolute Gasteiger partial charge is 0.243 e. The summed E-state index contributed by atoms with van der Waals surface area (Å²) in [4.78, 5) is 17.0. The number of hydrogen-bond donors (Lipinski definition) is 1. The number of rotatable bonds is 5. The first-order chi connectivity index (χ1) is 12.7. The Kier molecular flexibility index (Phi) is 5.88. The van der Waals surface area contributed by atoms with Gasteiger partial charge in [0.15, 0.2) is 0 Å². The van der Waals surface area contributed by atoms with E-state index in [0.717, 1.165) is 32.4 Å². The van der Waals surface area contributed by atoms with Gasteiger partial charge in [-0.15, -0.1) is 11.3 Å². The first kappa shape index (κ1) is 20.2. The van der Waals surface area contributed by atoms with E-state index in [1.165, 1.54) is 24.8 Å². The average molecular weight is 410 g/mol. The van der Waals surface area contributed by atoms with Crippen molar-refractivity contribution in [1.29, 1.82) is 0 Å². The molecule has 3 atom stereocenters. The summed E-state index contributed by atoms with van der Waals surface area (Å²) in [5, 5.41) is 3.93. The van der Waals surface area contributed by atoms with Crippen LogP contribution in [0.2, 0.25) is 0 Å². The fourth-order valence-electron chi connectivity index (χ4n) is 3.69. The molecule has 1 aromatic heterocycles. The lowest BCUT2D eigenvalue weighted by atomic mass is 9.78. The zero-order chi connectivity index (χ0) is 19.8. The average Bonchev–Trinajstić information content (AvgIpc) is 2.98. The minimum absolute atomic E-state index is 0.119. The first-order valence-corrected chi connectivity index (χ1v) is 11.6. The van der Waals surface area contributed by atoms with E-state index < -0.39 is 10.0 Å². The normalized spacial score (nSPS) is 23.7. The topological polar surface area (TPSA) is 79.4 Å². The molecule has 0 radical (unpaired) electrons. The molecule has 0 spiro atoms. The summed E-state index contributed by atoms with van der Waals surface area (Å²) in [5.41, 5.74) is 0.789. The molecule has 0 unspecified atom stereocenters. The van der Waals surface area contributed by atoms with Crippen molar-refractivity contribution in [3.63, 3.8) is 0 Å². The minimum atomic E-state index is -3.73. The van der Waals surface area contributed by atoms with Gasteiger partial charge in [0.2, 0.25) is 15.9 Å². The Morgan fingerprint density at radius 2 is 2.07 bits per heavy atom. The minimum Gasteiger partial charge on any atom is -0.352 e. The molecule has 1 aliphatic carbocycles. The van der Waals surface area contributed by atoms with Crippen molar-refractivity contribution < 1.29 is 13.2 Å². The molecule has 148 valence electrons. The molecule has 1 amide bonds. The highest BCUT2D eigenvalue weighted by molar-refractivity contribution is 7.89. The SMILES string of the molecule is Cc1nc2ccc(S(=O)(=O)N(C)CC(=O)N[C@@H]3CCC[C@H](C)[C@@H]3C)cc2s1. The quantitative estimate of drug-likeness (QED) is 0.823. The Morgan fingerprint density at radius 3 is 2.81 bits per heavy atom. The lowest BCUT2D eigenvalue weighted by Crippen LogP contribution is -2.47. The number of fused-ring (bicyclic) bond motifs is 1. The van der Waals surface area contributed by atoms with Gasteiger partial charge in [-0.25, -0.2) is 13.4 Å². The standard InChI is InChI=1S/C19H27N3O3S2/c1-12-6-5-7-16(13(12)2)21-19(23)11-22(4)27(24,25)15-8-9-17-18(10-15)26-14(3)20-17/h8-10,12-13,16H,5-7,11H2,1-4H3,(H,21,23)/t12-,13-,16+/m0/s1. The van der Waals surface area contributed by atoms with E-state index in [1.807, 2.05) is 6.92 Å². The van der Waals surface area contributed by atoms with E-state index in [1.54, 1.807) is 18.2 Å². The first-order valence-electron chi connectivity index (χ1n) is 9.31. The molecule has 3 rings (SSSR count). The van der Waals surface area contributed by atoms with Crippen LogP contribution in [0.25, 0.3) is 10.2 Å². The van der Waals surface area contributed by atoms with E-state index in [-0.39, 0.29) is 23.4 Å². The fourth-order valence-corrected chi connectivity index (χ4v) is 5.78. The number of aryl methyl sites for hydroxylation is 1. The molecule has 8 heteroatoms. The maximum absolute atomic E-state index is 12.9. The Morgan fingerprint density at radius 1 is 1.33 bits per heavy atom. The van der Waals surface area contributed by atoms with Crippen LogP contribution in [0.4, 0.5) is 0 Å². The Labute approximate surface area is 165 Å². The molecule has 0 bridgehead atoms. The zero-order valence-electron chi connectivity index (χ0n) is 16.2. The van der Waals surface area contributed by atoms with Crippen molar-refractivity contribution in [2.45, 2.75) is 51.0 Å². The molecule has 1 aromatic carbocycles. The van der Waals surface area contributed by atoms with Gasteiger partial charge in [0.05, 0.1) is 26.7 Å². The van der Waals surface area contributed by atoms with Crippen molar-refractivity contribution in [3.8, 4) is 0 Å². The van der Waals surface area contributed by atoms with Crippen molar-refractivity contribution in [1.82, 2.24) is 14.6 Å². The molecule has 1 heterocycles. The second-order valence-electron chi connectivity index (χ2n) is 7.56. The van der Waals surface area contributed by atoms with Gasteiger partial charge in [-0.1, -0.05) is 26.7 Å². The van der Waals surface area contributed by atoms with E-state index in [0.29, 0.717) is 11.8 Å². The van der Waals surface area contributed by atoms with Crippen LogP contribution in [0, 0.1) is 18.8 Å². The molecule has 2 aromatic rings. The lowest BCUT2D eigenvalue weighted by Gasteiger charge is -2.34. The van der Waals surface area contributed by atoms with Crippen molar-refractivity contribution in [2.75, 3.05) is 13.6 Å². The summed E-state index contributed by atoms with van der Waals surface area (Å²) in [6.07, 6.45) is 3.23. The van der Waals surface area contributed by atoms with Crippen LogP contribution in [-0.4, -0.2) is 43.2 Å². The summed E-state index contributed by atoms with van der Waals surface area (Å²) >= 11 is 1.46. The Hall–Kier alpha value is -1.51. The maximum Gasteiger partial charge on any atom is 0.243 e. The summed E-state index contributed by atoms with van der Waals surface area (Å²) in [5.74, 6) is 0.725. The summed E-state index contributed by atoms with van der Waals surface area (Å²) < 4.78 is 27.7. The molecule has 27 heavy (non-hydrogen) atoms. The van der Waals surface area contributed by atoms with Crippen LogP contribution in [0.15, 0.2) is 23.1 Å². The van der Waals surface area contributed by atoms with Gasteiger partial charge in [-0.05, 0) is 43.4 Å². The van der Waals surface area contributed by atoms with Gasteiger partial charge in [-0.3, -0.25) is 4.79 Å². The number of hydrogen-bond acceptors (Lipinski definition) is 5. The summed E-state index contributed by atoms with van der Waals surface area (Å²) in [7, 11) is -2.28. The predicted molar refractivity (Wildman–Crippen MR) is 108 cm³/mol. The number of aromatic nitrogens is 1. The predicted octanol–water partition coefficient (Wildman–Crippen LogP) is 3.17. The van der Waals surface area contributed by atoms with Gasteiger partial charge in [-0.2, -0.15) is 4.31 Å². The van der Waals surface area contributed by atoms with Crippen LogP contribution in [0.3, 0.4) is 0 Å². The molecule has 0 saturated heterocycles. The third-order valence-electron chi connectivity index (χ3n) is 5.59. The molecular formula is C19H27N3O3S2. The summed E-state index contributed by atoms with van der Waals surface area (Å²) in [6, 6.07) is 5.02. The maximum atomic E-state index is 12.9. The van der Waals surface area contributed by atoms with Crippen molar-refractivity contribution in [2.24, 2.45) is 11.8 Å². The number of carbonyl (C=O) groups is 1. The number of benzene rings is 1. The molecular weight excluding hydrogens is 382 g/mol. The highest BCUT2D eigenvalue weighted by Crippen LogP contribution is 2.29. The number of nitrogens with zero attached hydrogens (tertiary/aromatic N) is 2. The molecule has 1 fully saturated rings. The van der Waals surface area contributed by atoms with Crippen LogP contribution < -0.4 is 5.32 Å². The number of sulfonamides is 1. The monoisotopic (exact) mass is 409 g/mol. The fraction of sp³-hybridized carbons (Fsp3) is 0.579. The molecule has 6 nitrogen and oxygen atoms in total. The highest BCUT2D eigenvalue weighted by Gasteiger charge is 2.30. The highest BCUT2D eigenvalue weighted by atomic mass is 32.2. The number of nitrogens with one attached hydrogen (secondary N) is 1. The van der Waals surface area contributed by atoms with Crippen molar-refractivity contribution in [3.05, 3.63) is 23.2 Å². The number of amides is 1. The Bertz CT molecular complexity index is 939. The molecule has 1 aliphatic rings. The van der Waals surface area contributed by atoms with Crippen molar-refractivity contribution >= 4 is 37.5 Å². The summed E-state index contributed by atoms with van der Waals surface area (Å²) in [6.45, 7) is 6.07. The van der Waals surface area contributed by atoms with E-state index >= 15 is 0 Å². The second-order valence-corrected chi connectivity index (χ2v) is 10.8. The number of likely N-dealkylation sites (N-methyl/N-ethyl adjacent to an activating group) is 1. The lowest BCUT2D eigenvalue weighted by molar-refractivity contribution is -0.122. The third kappa shape index (κ3) is 4.33. The van der Waals surface area contributed by atoms with E-state index in [9.17, 15) is 13.2 Å². The van der Waals surface area contributed by atoms with E-state index in [2.05, 4.69) is 24.1 Å². The zero-order valence-corrected chi connectivity index (χ0v) is 17.9. The van der Waals surface area contributed by atoms with Gasteiger partial charge < -0.3 is 5.32 Å². The number of thiazole rings is 1. The van der Waals surface area contributed by atoms with Crippen LogP contribution >= 0.6 is 11.3 Å². The van der Waals surface area contributed by atoms with Crippen LogP contribution in [-0.2, 0) is 14.8 Å². The largest absolute Gasteiger partial charge is 0.352 e. The molecule has 1 N–H and O–H groups in total. The Balaban J connectivity index is 1.69. The molecule has 1 saturated carbocycles. The third-order valence-corrected chi connectivity index (χ3v) is 8.33.